The van der Waals surface area contributed by atoms with E-state index in [2.05, 4.69) is 20.3 Å². The van der Waals surface area contributed by atoms with Crippen molar-refractivity contribution >= 4 is 16.9 Å². The number of amides is 1. The van der Waals surface area contributed by atoms with Gasteiger partial charge in [-0.1, -0.05) is 12.1 Å². The number of carbonyl (C=O) groups is 1. The third kappa shape index (κ3) is 2.38. The third-order valence-electron chi connectivity index (χ3n) is 3.11. The molecule has 0 aliphatic heterocycles. The normalized spacial score (nSPS) is 12.2. The minimum atomic E-state index is -0.192. The third-order valence-corrected chi connectivity index (χ3v) is 3.11. The molecule has 0 bridgehead atoms. The van der Waals surface area contributed by atoms with Gasteiger partial charge in [0.05, 0.1) is 17.1 Å². The first-order chi connectivity index (χ1) is 9.74. The summed E-state index contributed by atoms with van der Waals surface area (Å²) in [4.78, 5) is 23.6. The monoisotopic (exact) mass is 266 g/mol. The highest BCUT2D eigenvalue weighted by atomic mass is 16.1. The lowest BCUT2D eigenvalue weighted by Gasteiger charge is -2.11. The number of carbonyl (C=O) groups excluding carboxylic acids is 1. The van der Waals surface area contributed by atoms with E-state index in [1.165, 1.54) is 0 Å². The lowest BCUT2D eigenvalue weighted by Crippen LogP contribution is -2.27. The molecule has 2 heterocycles. The predicted molar refractivity (Wildman–Crippen MR) is 76.2 cm³/mol. The average molecular weight is 266 g/mol. The van der Waals surface area contributed by atoms with Gasteiger partial charge in [0.15, 0.2) is 0 Å². The Morgan fingerprint density at radius 2 is 1.95 bits per heavy atom. The number of nitrogens with zero attached hydrogens (tertiary/aromatic N) is 2. The number of rotatable bonds is 3. The second-order valence-electron chi connectivity index (χ2n) is 4.57. The van der Waals surface area contributed by atoms with E-state index in [9.17, 15) is 4.79 Å². The zero-order valence-electron chi connectivity index (χ0n) is 11.0. The van der Waals surface area contributed by atoms with Gasteiger partial charge in [0.1, 0.15) is 5.82 Å². The molecule has 0 saturated heterocycles. The molecule has 1 atom stereocenters. The number of fused-ring (bicyclic) bond motifs is 1. The number of hydrogen-bond acceptors (Lipinski definition) is 3. The van der Waals surface area contributed by atoms with Gasteiger partial charge in [-0.25, -0.2) is 4.98 Å². The van der Waals surface area contributed by atoms with Gasteiger partial charge in [-0.05, 0) is 31.2 Å². The maximum atomic E-state index is 12.1. The molecule has 2 aromatic heterocycles. The van der Waals surface area contributed by atoms with Crippen LogP contribution in [0.3, 0.4) is 0 Å². The lowest BCUT2D eigenvalue weighted by atomic mass is 10.2. The van der Waals surface area contributed by atoms with Crippen LogP contribution in [0.2, 0.25) is 0 Å². The second-order valence-corrected chi connectivity index (χ2v) is 4.57. The van der Waals surface area contributed by atoms with E-state index in [0.29, 0.717) is 5.56 Å². The molecule has 100 valence electrons. The molecule has 1 amide bonds. The van der Waals surface area contributed by atoms with Gasteiger partial charge >= 0.3 is 0 Å². The fraction of sp³-hybridized carbons (Fsp3) is 0.133. The fourth-order valence-corrected chi connectivity index (χ4v) is 2.03. The Morgan fingerprint density at radius 1 is 1.20 bits per heavy atom. The first-order valence-electron chi connectivity index (χ1n) is 6.39. The SMILES string of the molecule is C[C@@H](NC(=O)c1ccncc1)c1nc2ccccc2[nH]1. The Labute approximate surface area is 116 Å². The summed E-state index contributed by atoms with van der Waals surface area (Å²) in [7, 11) is 0. The zero-order chi connectivity index (χ0) is 13.9. The van der Waals surface area contributed by atoms with Crippen molar-refractivity contribution in [1.29, 1.82) is 0 Å². The quantitative estimate of drug-likeness (QED) is 0.765. The lowest BCUT2D eigenvalue weighted by molar-refractivity contribution is 0.0938. The first kappa shape index (κ1) is 12.3. The molecule has 20 heavy (non-hydrogen) atoms. The van der Waals surface area contributed by atoms with Crippen molar-refractivity contribution in [1.82, 2.24) is 20.3 Å². The Hall–Kier alpha value is -2.69. The van der Waals surface area contributed by atoms with E-state index in [4.69, 9.17) is 0 Å². The highest BCUT2D eigenvalue weighted by Crippen LogP contribution is 2.15. The van der Waals surface area contributed by atoms with Gasteiger partial charge in [0.25, 0.3) is 5.91 Å². The molecule has 0 aliphatic carbocycles. The molecule has 0 unspecified atom stereocenters. The standard InChI is InChI=1S/C15H14N4O/c1-10(17-15(20)11-6-8-16-9-7-11)14-18-12-4-2-3-5-13(12)19-14/h2-10H,1H3,(H,17,20)(H,18,19)/t10-/m1/s1. The minimum Gasteiger partial charge on any atom is -0.342 e. The molecule has 0 saturated carbocycles. The molecule has 1 aromatic carbocycles. The molecule has 0 spiro atoms. The number of imidazole rings is 1. The summed E-state index contributed by atoms with van der Waals surface area (Å²) < 4.78 is 0. The number of aromatic amines is 1. The molecule has 2 N–H and O–H groups in total. The van der Waals surface area contributed by atoms with Gasteiger partial charge in [-0.15, -0.1) is 0 Å². The topological polar surface area (TPSA) is 70.7 Å². The van der Waals surface area contributed by atoms with E-state index in [1.807, 2.05) is 31.2 Å². The number of H-pyrrole nitrogens is 1. The van der Waals surface area contributed by atoms with Crippen LogP contribution < -0.4 is 5.32 Å². The number of para-hydroxylation sites is 2. The van der Waals surface area contributed by atoms with Gasteiger partial charge in [0.2, 0.25) is 0 Å². The summed E-state index contributed by atoms with van der Waals surface area (Å²) in [5.74, 6) is 0.606. The maximum Gasteiger partial charge on any atom is 0.251 e. The van der Waals surface area contributed by atoms with E-state index >= 15 is 0 Å². The van der Waals surface area contributed by atoms with Crippen LogP contribution in [0, 0.1) is 0 Å². The summed E-state index contributed by atoms with van der Waals surface area (Å²) >= 11 is 0. The molecular formula is C15H14N4O. The zero-order valence-corrected chi connectivity index (χ0v) is 11.0. The van der Waals surface area contributed by atoms with Gasteiger partial charge in [-0.2, -0.15) is 0 Å². The van der Waals surface area contributed by atoms with Crippen LogP contribution >= 0.6 is 0 Å². The van der Waals surface area contributed by atoms with E-state index in [0.717, 1.165) is 16.9 Å². The Morgan fingerprint density at radius 3 is 2.70 bits per heavy atom. The maximum absolute atomic E-state index is 12.1. The van der Waals surface area contributed by atoms with Crippen LogP contribution in [0.25, 0.3) is 11.0 Å². The number of benzene rings is 1. The van der Waals surface area contributed by atoms with Crippen molar-refractivity contribution in [2.75, 3.05) is 0 Å². The number of aromatic nitrogens is 3. The van der Waals surface area contributed by atoms with Crippen molar-refractivity contribution in [3.8, 4) is 0 Å². The predicted octanol–water partition coefficient (Wildman–Crippen LogP) is 2.45. The smallest absolute Gasteiger partial charge is 0.251 e. The summed E-state index contributed by atoms with van der Waals surface area (Å²) in [6.07, 6.45) is 3.20. The molecule has 5 nitrogen and oxygen atoms in total. The van der Waals surface area contributed by atoms with E-state index in [1.54, 1.807) is 24.5 Å². The summed E-state index contributed by atoms with van der Waals surface area (Å²) in [6.45, 7) is 1.90. The summed E-state index contributed by atoms with van der Waals surface area (Å²) in [5.41, 5.74) is 2.45. The van der Waals surface area contributed by atoms with Gasteiger partial charge in [-0.3, -0.25) is 9.78 Å². The molecule has 3 rings (SSSR count). The number of pyridine rings is 1. The van der Waals surface area contributed by atoms with Crippen molar-refractivity contribution in [3.63, 3.8) is 0 Å². The van der Waals surface area contributed by atoms with E-state index in [-0.39, 0.29) is 11.9 Å². The molecule has 5 heteroatoms. The molecular weight excluding hydrogens is 252 g/mol. The Balaban J connectivity index is 1.79. The molecule has 0 fully saturated rings. The van der Waals surface area contributed by atoms with Crippen molar-refractivity contribution < 1.29 is 4.79 Å². The second kappa shape index (κ2) is 5.13. The van der Waals surface area contributed by atoms with Crippen molar-refractivity contribution in [3.05, 3.63) is 60.2 Å². The fourth-order valence-electron chi connectivity index (χ4n) is 2.03. The van der Waals surface area contributed by atoms with Gasteiger partial charge in [0, 0.05) is 18.0 Å². The molecule has 0 radical (unpaired) electrons. The average Bonchev–Trinajstić information content (AvgIpc) is 2.92. The summed E-state index contributed by atoms with van der Waals surface area (Å²) in [6, 6.07) is 11.0. The van der Waals surface area contributed by atoms with Crippen molar-refractivity contribution in [2.45, 2.75) is 13.0 Å². The van der Waals surface area contributed by atoms with Crippen LogP contribution in [0.15, 0.2) is 48.8 Å². The molecule has 3 aromatic rings. The summed E-state index contributed by atoms with van der Waals surface area (Å²) in [5, 5.41) is 2.91. The van der Waals surface area contributed by atoms with E-state index < -0.39 is 0 Å². The molecule has 0 aliphatic rings. The van der Waals surface area contributed by atoms with Gasteiger partial charge < -0.3 is 10.3 Å². The van der Waals surface area contributed by atoms with Crippen molar-refractivity contribution in [2.24, 2.45) is 0 Å². The van der Waals surface area contributed by atoms with Crippen LogP contribution in [-0.2, 0) is 0 Å². The van der Waals surface area contributed by atoms with Crippen LogP contribution in [0.5, 0.6) is 0 Å². The van der Waals surface area contributed by atoms with Crippen LogP contribution in [-0.4, -0.2) is 20.9 Å². The highest BCUT2D eigenvalue weighted by Gasteiger charge is 2.14. The first-order valence-corrected chi connectivity index (χ1v) is 6.39. The minimum absolute atomic E-state index is 0.139. The Kier molecular flexibility index (Phi) is 3.16. The van der Waals surface area contributed by atoms with Crippen LogP contribution in [0.1, 0.15) is 29.1 Å². The highest BCUT2D eigenvalue weighted by molar-refractivity contribution is 5.94. The number of hydrogen-bond donors (Lipinski definition) is 2. The van der Waals surface area contributed by atoms with Crippen LogP contribution in [0.4, 0.5) is 0 Å². The largest absolute Gasteiger partial charge is 0.342 e. The number of nitrogens with one attached hydrogen (secondary N) is 2. The Bertz CT molecular complexity index is 703.